The molecule has 1 saturated heterocycles. The largest absolute Gasteiger partial charge is 0.337 e. The molecule has 1 atom stereocenters. The molecule has 3 aromatic rings. The summed E-state index contributed by atoms with van der Waals surface area (Å²) in [6.07, 6.45) is 6.62. The highest BCUT2D eigenvalue weighted by Gasteiger charge is 2.27. The number of nitrogens with zero attached hydrogens (tertiary/aromatic N) is 4. The van der Waals surface area contributed by atoms with E-state index in [1.165, 1.54) is 5.56 Å². The molecule has 28 heavy (non-hydrogen) atoms. The number of amides is 1. The third-order valence-corrected chi connectivity index (χ3v) is 5.52. The van der Waals surface area contributed by atoms with Crippen LogP contribution in [0.3, 0.4) is 0 Å². The van der Waals surface area contributed by atoms with Crippen molar-refractivity contribution in [2.45, 2.75) is 19.0 Å². The summed E-state index contributed by atoms with van der Waals surface area (Å²) in [5, 5.41) is 0. The number of likely N-dealkylation sites (N-methyl/N-ethyl adjacent to an activating group) is 1. The second-order valence-electron chi connectivity index (χ2n) is 7.67. The lowest BCUT2D eigenvalue weighted by atomic mass is 10.0. The molecule has 0 aliphatic carbocycles. The fourth-order valence-corrected chi connectivity index (χ4v) is 3.73. The van der Waals surface area contributed by atoms with Gasteiger partial charge in [0.05, 0.1) is 6.33 Å². The summed E-state index contributed by atoms with van der Waals surface area (Å²) in [5.41, 5.74) is 4.28. The van der Waals surface area contributed by atoms with Crippen LogP contribution in [-0.2, 0) is 6.54 Å². The first-order valence-electron chi connectivity index (χ1n) is 9.71. The van der Waals surface area contributed by atoms with Gasteiger partial charge in [0.1, 0.15) is 0 Å². The second-order valence-corrected chi connectivity index (χ2v) is 7.67. The summed E-state index contributed by atoms with van der Waals surface area (Å²) in [5.74, 6) is 0.131. The smallest absolute Gasteiger partial charge is 0.253 e. The highest BCUT2D eigenvalue weighted by molar-refractivity contribution is 5.95. The van der Waals surface area contributed by atoms with E-state index >= 15 is 0 Å². The monoisotopic (exact) mass is 374 g/mol. The van der Waals surface area contributed by atoms with E-state index in [1.807, 2.05) is 41.7 Å². The normalized spacial score (nSPS) is 16.7. The van der Waals surface area contributed by atoms with Crippen LogP contribution in [0.5, 0.6) is 0 Å². The van der Waals surface area contributed by atoms with Crippen LogP contribution in [0.2, 0.25) is 0 Å². The van der Waals surface area contributed by atoms with Crippen molar-refractivity contribution in [3.05, 3.63) is 78.4 Å². The van der Waals surface area contributed by atoms with Gasteiger partial charge < -0.3 is 14.4 Å². The summed E-state index contributed by atoms with van der Waals surface area (Å²) >= 11 is 0. The topological polar surface area (TPSA) is 41.4 Å². The number of likely N-dealkylation sites (tertiary alicyclic amines) is 1. The van der Waals surface area contributed by atoms with Crippen LogP contribution in [0.25, 0.3) is 11.1 Å². The van der Waals surface area contributed by atoms with Gasteiger partial charge in [-0.3, -0.25) is 4.79 Å². The molecule has 0 N–H and O–H groups in total. The minimum Gasteiger partial charge on any atom is -0.337 e. The lowest BCUT2D eigenvalue weighted by molar-refractivity contribution is 0.0783. The average molecular weight is 374 g/mol. The molecule has 0 radical (unpaired) electrons. The molecule has 5 heteroatoms. The van der Waals surface area contributed by atoms with Crippen LogP contribution >= 0.6 is 0 Å². The minimum absolute atomic E-state index is 0.131. The van der Waals surface area contributed by atoms with Gasteiger partial charge in [-0.2, -0.15) is 0 Å². The highest BCUT2D eigenvalue weighted by atomic mass is 16.2. The van der Waals surface area contributed by atoms with Gasteiger partial charge in [-0.25, -0.2) is 4.98 Å². The summed E-state index contributed by atoms with van der Waals surface area (Å²) in [4.78, 5) is 21.0. The van der Waals surface area contributed by atoms with Gasteiger partial charge in [0.2, 0.25) is 0 Å². The van der Waals surface area contributed by atoms with Crippen LogP contribution < -0.4 is 0 Å². The molecule has 0 unspecified atom stereocenters. The first kappa shape index (κ1) is 18.4. The molecule has 4 rings (SSSR count). The number of carbonyl (C=O) groups excluding carboxylic acids is 1. The fourth-order valence-electron chi connectivity index (χ4n) is 3.73. The molecule has 5 nitrogen and oxygen atoms in total. The zero-order valence-corrected chi connectivity index (χ0v) is 16.5. The number of imidazole rings is 1. The molecule has 0 saturated carbocycles. The minimum atomic E-state index is 0.131. The Kier molecular flexibility index (Phi) is 5.26. The SMILES string of the molecule is CN(C)[C@@H]1CCN(C(=O)c2ccc(-c3ccc(Cn4ccnc4)cc3)cc2)C1. The number of hydrogen-bond acceptors (Lipinski definition) is 3. The van der Waals surface area contributed by atoms with Crippen LogP contribution in [0, 0.1) is 0 Å². The molecule has 144 valence electrons. The van der Waals surface area contributed by atoms with E-state index in [0.29, 0.717) is 6.04 Å². The summed E-state index contributed by atoms with van der Waals surface area (Å²) < 4.78 is 2.05. The van der Waals surface area contributed by atoms with Gasteiger partial charge in [0.25, 0.3) is 5.91 Å². The summed E-state index contributed by atoms with van der Waals surface area (Å²) in [7, 11) is 4.16. The Bertz CT molecular complexity index is 914. The predicted octanol–water partition coefficient (Wildman–Crippen LogP) is 3.37. The molecule has 1 amide bonds. The van der Waals surface area contributed by atoms with E-state index in [4.69, 9.17) is 0 Å². The van der Waals surface area contributed by atoms with Crippen LogP contribution in [-0.4, -0.2) is 58.5 Å². The van der Waals surface area contributed by atoms with Crippen molar-refractivity contribution in [1.82, 2.24) is 19.4 Å². The van der Waals surface area contributed by atoms with Crippen molar-refractivity contribution in [3.63, 3.8) is 0 Å². The molecule has 2 aromatic carbocycles. The van der Waals surface area contributed by atoms with Crippen LogP contribution in [0.4, 0.5) is 0 Å². The van der Waals surface area contributed by atoms with E-state index < -0.39 is 0 Å². The van der Waals surface area contributed by atoms with E-state index in [0.717, 1.165) is 42.7 Å². The average Bonchev–Trinajstić information content (AvgIpc) is 3.40. The summed E-state index contributed by atoms with van der Waals surface area (Å²) in [6.45, 7) is 2.46. The molecular weight excluding hydrogens is 348 g/mol. The Morgan fingerprint density at radius 3 is 2.32 bits per heavy atom. The number of aromatic nitrogens is 2. The molecular formula is C23H26N4O. The van der Waals surface area contributed by atoms with Crippen molar-refractivity contribution in [2.75, 3.05) is 27.2 Å². The van der Waals surface area contributed by atoms with E-state index in [-0.39, 0.29) is 5.91 Å². The van der Waals surface area contributed by atoms with Gasteiger partial charge in [-0.1, -0.05) is 36.4 Å². The van der Waals surface area contributed by atoms with E-state index in [2.05, 4.69) is 52.8 Å². The van der Waals surface area contributed by atoms with Crippen molar-refractivity contribution in [2.24, 2.45) is 0 Å². The Labute approximate surface area is 166 Å². The lowest BCUT2D eigenvalue weighted by Crippen LogP contribution is -2.34. The maximum atomic E-state index is 12.8. The molecule has 0 bridgehead atoms. The van der Waals surface area contributed by atoms with Crippen LogP contribution in [0.1, 0.15) is 22.3 Å². The van der Waals surface area contributed by atoms with Gasteiger partial charge in [0.15, 0.2) is 0 Å². The molecule has 1 aliphatic heterocycles. The van der Waals surface area contributed by atoms with Gasteiger partial charge >= 0.3 is 0 Å². The van der Waals surface area contributed by atoms with Crippen molar-refractivity contribution in [1.29, 1.82) is 0 Å². The zero-order valence-electron chi connectivity index (χ0n) is 16.5. The van der Waals surface area contributed by atoms with Crippen LogP contribution in [0.15, 0.2) is 67.3 Å². The quantitative estimate of drug-likeness (QED) is 0.688. The standard InChI is InChI=1S/C23H26N4O/c1-25(2)22-11-13-27(16-22)23(28)21-9-7-20(8-10-21)19-5-3-18(4-6-19)15-26-14-12-24-17-26/h3-10,12,14,17,22H,11,13,15-16H2,1-2H3/t22-/m1/s1. The Hall–Kier alpha value is -2.92. The maximum Gasteiger partial charge on any atom is 0.253 e. The Morgan fingerprint density at radius 2 is 1.75 bits per heavy atom. The second kappa shape index (κ2) is 7.98. The van der Waals surface area contributed by atoms with E-state index in [1.54, 1.807) is 6.20 Å². The predicted molar refractivity (Wildman–Crippen MR) is 111 cm³/mol. The number of hydrogen-bond donors (Lipinski definition) is 0. The van der Waals surface area contributed by atoms with Gasteiger partial charge in [-0.05, 0) is 49.3 Å². The molecule has 2 heterocycles. The number of benzene rings is 2. The summed E-state index contributed by atoms with van der Waals surface area (Å²) in [6, 6.07) is 17.0. The van der Waals surface area contributed by atoms with Gasteiger partial charge in [-0.15, -0.1) is 0 Å². The first-order chi connectivity index (χ1) is 13.6. The first-order valence-corrected chi connectivity index (χ1v) is 9.71. The third-order valence-electron chi connectivity index (χ3n) is 5.52. The molecule has 1 aliphatic rings. The molecule has 1 aromatic heterocycles. The third kappa shape index (κ3) is 3.99. The van der Waals surface area contributed by atoms with Crippen molar-refractivity contribution < 1.29 is 4.79 Å². The lowest BCUT2D eigenvalue weighted by Gasteiger charge is -2.20. The zero-order chi connectivity index (χ0) is 19.5. The molecule has 0 spiro atoms. The Balaban J connectivity index is 1.42. The van der Waals surface area contributed by atoms with Crippen molar-refractivity contribution in [3.8, 4) is 11.1 Å². The van der Waals surface area contributed by atoms with Gasteiger partial charge in [0, 0.05) is 43.6 Å². The number of rotatable bonds is 5. The maximum absolute atomic E-state index is 12.8. The fraction of sp³-hybridized carbons (Fsp3) is 0.304. The Morgan fingerprint density at radius 1 is 1.07 bits per heavy atom. The number of carbonyl (C=O) groups is 1. The van der Waals surface area contributed by atoms with Crippen molar-refractivity contribution >= 4 is 5.91 Å². The molecule has 1 fully saturated rings. The highest BCUT2D eigenvalue weighted by Crippen LogP contribution is 2.22. The van der Waals surface area contributed by atoms with E-state index in [9.17, 15) is 4.79 Å².